The van der Waals surface area contributed by atoms with Gasteiger partial charge in [0.2, 0.25) is 0 Å². The van der Waals surface area contributed by atoms with Crippen LogP contribution in [0.2, 0.25) is 0 Å². The molecule has 0 N–H and O–H groups in total. The van der Waals surface area contributed by atoms with E-state index in [1.54, 1.807) is 0 Å². The highest BCUT2D eigenvalue weighted by atomic mass is 16.6. The predicted molar refractivity (Wildman–Crippen MR) is 84.6 cm³/mol. The van der Waals surface area contributed by atoms with Crippen LogP contribution in [0.4, 0.5) is 0 Å². The predicted octanol–water partition coefficient (Wildman–Crippen LogP) is 2.87. The van der Waals surface area contributed by atoms with Crippen molar-refractivity contribution >= 4 is 11.9 Å². The molecule has 0 saturated carbocycles. The lowest BCUT2D eigenvalue weighted by atomic mass is 10.0. The van der Waals surface area contributed by atoms with Gasteiger partial charge in [-0.3, -0.25) is 9.59 Å². The average Bonchev–Trinajstić information content (AvgIpc) is 2.94. The molecular weight excluding hydrogens is 296 g/mol. The maximum atomic E-state index is 11.8. The smallest absolute Gasteiger partial charge is 0.308 e. The van der Waals surface area contributed by atoms with Crippen LogP contribution in [0.5, 0.6) is 0 Å². The molecule has 0 bridgehead atoms. The molecule has 1 fully saturated rings. The zero-order valence-electron chi connectivity index (χ0n) is 13.7. The Balaban J connectivity index is 1.88. The fraction of sp³-hybridized carbons (Fsp3) is 0.556. The topological polar surface area (TPSA) is 61.8 Å². The summed E-state index contributed by atoms with van der Waals surface area (Å²) in [5.41, 5.74) is 0.193. The first-order valence-electron chi connectivity index (χ1n) is 8.05. The van der Waals surface area contributed by atoms with Gasteiger partial charge >= 0.3 is 11.9 Å². The third kappa shape index (κ3) is 5.06. The molecule has 5 nitrogen and oxygen atoms in total. The van der Waals surface area contributed by atoms with Crippen molar-refractivity contribution in [1.82, 2.24) is 0 Å². The number of hydrogen-bond donors (Lipinski definition) is 0. The van der Waals surface area contributed by atoms with Crippen molar-refractivity contribution in [2.45, 2.75) is 45.3 Å². The second-order valence-electron chi connectivity index (χ2n) is 6.05. The van der Waals surface area contributed by atoms with Crippen molar-refractivity contribution in [2.24, 2.45) is 5.92 Å². The number of benzene rings is 1. The minimum absolute atomic E-state index is 0.0523. The molecule has 0 radical (unpaired) electrons. The van der Waals surface area contributed by atoms with E-state index in [0.717, 1.165) is 12.0 Å². The van der Waals surface area contributed by atoms with Crippen molar-refractivity contribution in [3.05, 3.63) is 35.9 Å². The third-order valence-electron chi connectivity index (χ3n) is 4.08. The Kier molecular flexibility index (Phi) is 6.16. The van der Waals surface area contributed by atoms with E-state index in [9.17, 15) is 9.59 Å². The Hall–Kier alpha value is -1.88. The van der Waals surface area contributed by atoms with Crippen molar-refractivity contribution in [2.75, 3.05) is 13.2 Å². The van der Waals surface area contributed by atoms with Gasteiger partial charge in [-0.25, -0.2) is 0 Å². The maximum absolute atomic E-state index is 11.8. The highest BCUT2D eigenvalue weighted by molar-refractivity contribution is 5.73. The van der Waals surface area contributed by atoms with Crippen LogP contribution in [0.1, 0.15) is 38.7 Å². The Bertz CT molecular complexity index is 527. The lowest BCUT2D eigenvalue weighted by molar-refractivity contribution is -0.171. The third-order valence-corrected chi connectivity index (χ3v) is 4.08. The molecule has 1 heterocycles. The number of hydrogen-bond acceptors (Lipinski definition) is 5. The molecule has 1 aromatic carbocycles. The van der Waals surface area contributed by atoms with Gasteiger partial charge in [0.05, 0.1) is 19.1 Å². The van der Waals surface area contributed by atoms with Crippen molar-refractivity contribution in [1.29, 1.82) is 0 Å². The molecule has 2 atom stereocenters. The van der Waals surface area contributed by atoms with Crippen LogP contribution < -0.4 is 0 Å². The molecule has 0 aromatic heterocycles. The summed E-state index contributed by atoms with van der Waals surface area (Å²) >= 11 is 0. The summed E-state index contributed by atoms with van der Waals surface area (Å²) in [6.07, 6.45) is 1.56. The van der Waals surface area contributed by atoms with Gasteiger partial charge in [0.25, 0.3) is 0 Å². The molecule has 1 aliphatic rings. The lowest BCUT2D eigenvalue weighted by Crippen LogP contribution is -2.40. The molecule has 2 unspecified atom stereocenters. The first-order chi connectivity index (χ1) is 11.0. The number of carbonyl (C=O) groups is 2. The van der Waals surface area contributed by atoms with Gasteiger partial charge in [0.15, 0.2) is 5.60 Å². The summed E-state index contributed by atoms with van der Waals surface area (Å²) in [4.78, 5) is 23.4. The zero-order chi connectivity index (χ0) is 16.7. The lowest BCUT2D eigenvalue weighted by Gasteiger charge is -2.27. The average molecular weight is 320 g/mol. The molecule has 1 aromatic rings. The molecule has 126 valence electrons. The molecule has 23 heavy (non-hydrogen) atoms. The highest BCUT2D eigenvalue weighted by Crippen LogP contribution is 2.28. The number of rotatable bonds is 8. The standard InChI is InChI=1S/C18H24O5/c1-3-14(2)17(20)22-13-18(10-9-16(19)23-18)12-21-11-15-7-5-4-6-8-15/h4-8,14H,3,9-13H2,1-2H3. The summed E-state index contributed by atoms with van der Waals surface area (Å²) in [6.45, 7) is 4.46. The first kappa shape index (κ1) is 17.5. The van der Waals surface area contributed by atoms with E-state index in [1.807, 2.05) is 44.2 Å². The Labute approximate surface area is 136 Å². The monoisotopic (exact) mass is 320 g/mol. The number of esters is 2. The summed E-state index contributed by atoms with van der Waals surface area (Å²) in [5, 5.41) is 0. The Morgan fingerprint density at radius 2 is 2.04 bits per heavy atom. The molecule has 0 spiro atoms. The van der Waals surface area contributed by atoms with Gasteiger partial charge in [-0.1, -0.05) is 44.2 Å². The van der Waals surface area contributed by atoms with E-state index < -0.39 is 5.60 Å². The van der Waals surface area contributed by atoms with Crippen LogP contribution in [0.15, 0.2) is 30.3 Å². The summed E-state index contributed by atoms with van der Waals surface area (Å²) in [6, 6.07) is 9.76. The number of ether oxygens (including phenoxy) is 3. The molecule has 1 saturated heterocycles. The van der Waals surface area contributed by atoms with Crippen LogP contribution in [-0.2, 0) is 30.4 Å². The van der Waals surface area contributed by atoms with E-state index >= 15 is 0 Å². The minimum atomic E-state index is -0.852. The van der Waals surface area contributed by atoms with Crippen LogP contribution in [0.3, 0.4) is 0 Å². The largest absolute Gasteiger partial charge is 0.461 e. The number of cyclic esters (lactones) is 1. The molecule has 1 aliphatic heterocycles. The minimum Gasteiger partial charge on any atom is -0.461 e. The first-order valence-corrected chi connectivity index (χ1v) is 8.05. The molecular formula is C18H24O5. The molecule has 2 rings (SSSR count). The SMILES string of the molecule is CCC(C)C(=O)OCC1(COCc2ccccc2)CCC(=O)O1. The van der Waals surface area contributed by atoms with Gasteiger partial charge < -0.3 is 14.2 Å². The summed E-state index contributed by atoms with van der Waals surface area (Å²) in [5.74, 6) is -0.694. The fourth-order valence-electron chi connectivity index (χ4n) is 2.36. The second-order valence-corrected chi connectivity index (χ2v) is 6.05. The van der Waals surface area contributed by atoms with E-state index in [1.165, 1.54) is 0 Å². The van der Waals surface area contributed by atoms with Gasteiger partial charge in [-0.15, -0.1) is 0 Å². The van der Waals surface area contributed by atoms with Gasteiger partial charge in [0.1, 0.15) is 6.61 Å². The summed E-state index contributed by atoms with van der Waals surface area (Å²) < 4.78 is 16.5. The van der Waals surface area contributed by atoms with Gasteiger partial charge in [0, 0.05) is 12.8 Å². The highest BCUT2D eigenvalue weighted by Gasteiger charge is 2.42. The van der Waals surface area contributed by atoms with E-state index in [0.29, 0.717) is 19.4 Å². The number of carbonyl (C=O) groups excluding carboxylic acids is 2. The van der Waals surface area contributed by atoms with Gasteiger partial charge in [-0.2, -0.15) is 0 Å². The van der Waals surface area contributed by atoms with E-state index in [2.05, 4.69) is 0 Å². The van der Waals surface area contributed by atoms with E-state index in [4.69, 9.17) is 14.2 Å². The molecule has 5 heteroatoms. The van der Waals surface area contributed by atoms with E-state index in [-0.39, 0.29) is 31.1 Å². The zero-order valence-corrected chi connectivity index (χ0v) is 13.7. The van der Waals surface area contributed by atoms with Crippen molar-refractivity contribution < 1.29 is 23.8 Å². The van der Waals surface area contributed by atoms with Crippen LogP contribution >= 0.6 is 0 Å². The van der Waals surface area contributed by atoms with Gasteiger partial charge in [-0.05, 0) is 12.0 Å². The maximum Gasteiger partial charge on any atom is 0.308 e. The second kappa shape index (κ2) is 8.11. The van der Waals surface area contributed by atoms with Crippen molar-refractivity contribution in [3.8, 4) is 0 Å². The quantitative estimate of drug-likeness (QED) is 0.689. The normalized spacial score (nSPS) is 21.7. The van der Waals surface area contributed by atoms with Crippen LogP contribution in [-0.4, -0.2) is 30.8 Å². The van der Waals surface area contributed by atoms with Crippen LogP contribution in [0.25, 0.3) is 0 Å². The molecule has 0 aliphatic carbocycles. The summed E-state index contributed by atoms with van der Waals surface area (Å²) in [7, 11) is 0. The Morgan fingerprint density at radius 3 is 2.65 bits per heavy atom. The van der Waals surface area contributed by atoms with Crippen molar-refractivity contribution in [3.63, 3.8) is 0 Å². The fourth-order valence-corrected chi connectivity index (χ4v) is 2.36. The Morgan fingerprint density at radius 1 is 1.30 bits per heavy atom. The van der Waals surface area contributed by atoms with Crippen LogP contribution in [0, 0.1) is 5.92 Å². The molecule has 0 amide bonds.